The largest absolute Gasteiger partial charge is 0.324 e. The Labute approximate surface area is 260 Å². The molecule has 0 unspecified atom stereocenters. The Morgan fingerprint density at radius 1 is 0.932 bits per heavy atom. The third-order valence-corrected chi connectivity index (χ3v) is 9.08. The molecule has 0 radical (unpaired) electrons. The lowest BCUT2D eigenvalue weighted by Gasteiger charge is -2.25. The summed E-state index contributed by atoms with van der Waals surface area (Å²) in [6.07, 6.45) is 3.62. The second kappa shape index (κ2) is 12.3. The number of nitrogens with zero attached hydrogens (tertiary/aromatic N) is 5. The molecule has 2 N–H and O–H groups in total. The number of aromatic nitrogens is 4. The van der Waals surface area contributed by atoms with Crippen LogP contribution in [0.15, 0.2) is 79.1 Å². The lowest BCUT2D eigenvalue weighted by Crippen LogP contribution is -2.37. The van der Waals surface area contributed by atoms with E-state index >= 15 is 0 Å². The zero-order valence-electron chi connectivity index (χ0n) is 25.5. The molecule has 2 aromatic carbocycles. The zero-order chi connectivity index (χ0) is 30.8. The highest BCUT2D eigenvalue weighted by atomic mass is 32.2. The highest BCUT2D eigenvalue weighted by Crippen LogP contribution is 2.36. The Kier molecular flexibility index (Phi) is 8.29. The molecule has 1 saturated heterocycles. The predicted molar refractivity (Wildman–Crippen MR) is 178 cm³/mol. The maximum absolute atomic E-state index is 13.6. The third-order valence-electron chi connectivity index (χ3n) is 7.81. The fourth-order valence-corrected chi connectivity index (χ4v) is 6.43. The maximum atomic E-state index is 13.6. The van der Waals surface area contributed by atoms with Gasteiger partial charge in [0.15, 0.2) is 0 Å². The number of fused-ring (bicyclic) bond motifs is 1. The summed E-state index contributed by atoms with van der Waals surface area (Å²) < 4.78 is 13.5. The zero-order valence-corrected chi connectivity index (χ0v) is 26.3. The number of carbonyl (C=O) groups excluding carboxylic acids is 1. The number of amides is 2. The average molecular weight is 608 g/mol. The first kappa shape index (κ1) is 29.7. The number of hydrogen-bond acceptors (Lipinski definition) is 6. The minimum Gasteiger partial charge on any atom is -0.307 e. The second-order valence-electron chi connectivity index (χ2n) is 12.2. The molecule has 0 atom stereocenters. The van der Waals surface area contributed by atoms with Crippen LogP contribution in [0.5, 0.6) is 0 Å². The molecule has 2 amide bonds. The lowest BCUT2D eigenvalue weighted by molar-refractivity contribution is 0.262. The van der Waals surface area contributed by atoms with Gasteiger partial charge in [0.25, 0.3) is 0 Å². The first-order valence-corrected chi connectivity index (χ1v) is 16.3. The number of pyridine rings is 2. The van der Waals surface area contributed by atoms with Crippen LogP contribution in [0.4, 0.5) is 16.3 Å². The van der Waals surface area contributed by atoms with Gasteiger partial charge in [-0.25, -0.2) is 9.48 Å². The molecule has 0 saturated carbocycles. The van der Waals surface area contributed by atoms with Crippen LogP contribution >= 0.6 is 0 Å². The topological polar surface area (TPSA) is 105 Å². The van der Waals surface area contributed by atoms with Gasteiger partial charge in [-0.1, -0.05) is 57.2 Å². The number of rotatable bonds is 6. The van der Waals surface area contributed by atoms with Crippen LogP contribution in [0.2, 0.25) is 0 Å². The van der Waals surface area contributed by atoms with Gasteiger partial charge in [0.1, 0.15) is 5.82 Å². The number of urea groups is 1. The molecule has 4 heterocycles. The number of aryl methyl sites for hydroxylation is 1. The molecule has 1 aliphatic heterocycles. The monoisotopic (exact) mass is 607 g/mol. The normalized spacial score (nSPS) is 14.5. The second-order valence-corrected chi connectivity index (χ2v) is 13.9. The Morgan fingerprint density at radius 3 is 2.43 bits per heavy atom. The fraction of sp³-hybridized carbons (Fsp3) is 0.294. The van der Waals surface area contributed by atoms with Crippen LogP contribution in [0, 0.1) is 6.92 Å². The smallest absolute Gasteiger partial charge is 0.307 e. The van der Waals surface area contributed by atoms with Crippen LogP contribution in [0.25, 0.3) is 27.6 Å². The van der Waals surface area contributed by atoms with Crippen molar-refractivity contribution in [2.24, 2.45) is 0 Å². The van der Waals surface area contributed by atoms with Crippen LogP contribution < -0.4 is 10.6 Å². The Hall–Kier alpha value is -4.41. The van der Waals surface area contributed by atoms with Crippen LogP contribution in [0.1, 0.15) is 37.9 Å². The predicted octanol–water partition coefficient (Wildman–Crippen LogP) is 6.30. The van der Waals surface area contributed by atoms with E-state index in [-0.39, 0.29) is 11.4 Å². The minimum absolute atomic E-state index is 0.215. The van der Waals surface area contributed by atoms with Crippen LogP contribution in [0.3, 0.4) is 0 Å². The molecular formula is C34H37N7O2S. The first-order valence-electron chi connectivity index (χ1n) is 14.8. The average Bonchev–Trinajstić information content (AvgIpc) is 3.43. The first-order chi connectivity index (χ1) is 21.1. The van der Waals surface area contributed by atoms with Crippen LogP contribution in [-0.2, 0) is 22.8 Å². The molecule has 0 aliphatic carbocycles. The van der Waals surface area contributed by atoms with E-state index in [2.05, 4.69) is 59.5 Å². The lowest BCUT2D eigenvalue weighted by atomic mass is 9.92. The van der Waals surface area contributed by atoms with Crippen molar-refractivity contribution in [3.8, 4) is 16.8 Å². The number of hydrogen-bond donors (Lipinski definition) is 2. The molecule has 10 heteroatoms. The summed E-state index contributed by atoms with van der Waals surface area (Å²) >= 11 is 0. The minimum atomic E-state index is -0.706. The summed E-state index contributed by atoms with van der Waals surface area (Å²) in [6.45, 7) is 10.6. The molecule has 5 aromatic rings. The van der Waals surface area contributed by atoms with Crippen molar-refractivity contribution in [2.45, 2.75) is 39.7 Å². The van der Waals surface area contributed by atoms with Gasteiger partial charge in [-0.05, 0) is 42.0 Å². The summed E-state index contributed by atoms with van der Waals surface area (Å²) in [5.74, 6) is 1.98. The van der Waals surface area contributed by atoms with Crippen molar-refractivity contribution in [2.75, 3.05) is 35.2 Å². The van der Waals surface area contributed by atoms with E-state index in [9.17, 15) is 9.00 Å². The third kappa shape index (κ3) is 6.56. The molecule has 9 nitrogen and oxygen atoms in total. The van der Waals surface area contributed by atoms with Crippen molar-refractivity contribution in [3.63, 3.8) is 0 Å². The van der Waals surface area contributed by atoms with Gasteiger partial charge < -0.3 is 5.32 Å². The van der Waals surface area contributed by atoms with E-state index in [1.807, 2.05) is 61.7 Å². The van der Waals surface area contributed by atoms with Gasteiger partial charge >= 0.3 is 6.03 Å². The van der Waals surface area contributed by atoms with Gasteiger partial charge in [-0.3, -0.25) is 24.4 Å². The summed E-state index contributed by atoms with van der Waals surface area (Å²) in [5, 5.41) is 13.0. The number of benzene rings is 2. The molecule has 44 heavy (non-hydrogen) atoms. The number of anilines is 2. The van der Waals surface area contributed by atoms with Gasteiger partial charge in [0.2, 0.25) is 0 Å². The van der Waals surface area contributed by atoms with Crippen molar-refractivity contribution in [3.05, 3.63) is 96.2 Å². The van der Waals surface area contributed by atoms with E-state index in [1.165, 1.54) is 0 Å². The summed E-state index contributed by atoms with van der Waals surface area (Å²) in [7, 11) is -0.706. The number of carbonyl (C=O) groups is 1. The molecule has 3 aromatic heterocycles. The quantitative estimate of drug-likeness (QED) is 0.235. The molecule has 0 bridgehead atoms. The Morgan fingerprint density at radius 2 is 1.73 bits per heavy atom. The maximum Gasteiger partial charge on any atom is 0.324 e. The highest BCUT2D eigenvalue weighted by Gasteiger charge is 2.22. The Balaban J connectivity index is 1.29. The van der Waals surface area contributed by atoms with Crippen molar-refractivity contribution in [1.29, 1.82) is 0 Å². The summed E-state index contributed by atoms with van der Waals surface area (Å²) in [5.41, 5.74) is 5.74. The van der Waals surface area contributed by atoms with Crippen molar-refractivity contribution in [1.82, 2.24) is 24.6 Å². The summed E-state index contributed by atoms with van der Waals surface area (Å²) in [6, 6.07) is 21.6. The van der Waals surface area contributed by atoms with Gasteiger partial charge in [-0.2, -0.15) is 5.10 Å². The highest BCUT2D eigenvalue weighted by molar-refractivity contribution is 7.85. The fourth-order valence-electron chi connectivity index (χ4n) is 5.30. The standard InChI is InChI=1S/C34H37N7O2S/c1-23-9-13-27(21-35-23)41-31(19-30(39-41)34(2,3)4)38-33(42)37-29-14-11-24-7-5-6-8-28(24)32(29)25-10-12-26(36-20-25)22-40-15-17-44(43)18-16-40/h5-14,19-21H,15-18,22H2,1-4H3,(H2,37,38,42). The van der Waals surface area contributed by atoms with Crippen LogP contribution in [-0.4, -0.2) is 59.5 Å². The van der Waals surface area contributed by atoms with Gasteiger partial charge in [0.05, 0.1) is 29.0 Å². The summed E-state index contributed by atoms with van der Waals surface area (Å²) in [4.78, 5) is 25.1. The molecule has 1 aliphatic rings. The van der Waals surface area contributed by atoms with Gasteiger partial charge in [-0.15, -0.1) is 0 Å². The van der Waals surface area contributed by atoms with E-state index in [0.717, 1.165) is 64.3 Å². The molecule has 0 spiro atoms. The van der Waals surface area contributed by atoms with E-state index in [4.69, 9.17) is 10.1 Å². The van der Waals surface area contributed by atoms with Crippen molar-refractivity contribution >= 4 is 39.1 Å². The number of nitrogens with one attached hydrogen (secondary N) is 2. The van der Waals surface area contributed by atoms with Crippen molar-refractivity contribution < 1.29 is 9.00 Å². The molecule has 1 fully saturated rings. The van der Waals surface area contributed by atoms with E-state index in [1.54, 1.807) is 10.9 Å². The SMILES string of the molecule is Cc1ccc(-n2nc(C(C)(C)C)cc2NC(=O)Nc2ccc3ccccc3c2-c2ccc(CN3CCS(=O)CC3)nc2)cn1. The molecule has 226 valence electrons. The van der Waals surface area contributed by atoms with E-state index < -0.39 is 10.8 Å². The Bertz CT molecular complexity index is 1820. The molecular weight excluding hydrogens is 570 g/mol. The van der Waals surface area contributed by atoms with Gasteiger partial charge in [0, 0.05) is 76.4 Å². The molecule has 6 rings (SSSR count). The van der Waals surface area contributed by atoms with E-state index in [0.29, 0.717) is 23.0 Å².